The molecule has 0 amide bonds. The number of fused-ring (bicyclic) bond motifs is 1. The zero-order chi connectivity index (χ0) is 15.1. The highest BCUT2D eigenvalue weighted by Gasteiger charge is 2.18. The molecule has 0 fully saturated rings. The largest absolute Gasteiger partial charge is 0.383 e. The highest BCUT2D eigenvalue weighted by molar-refractivity contribution is 5.50. The molecule has 21 heavy (non-hydrogen) atoms. The number of hydrogen-bond acceptors (Lipinski definition) is 5. The van der Waals surface area contributed by atoms with Crippen molar-refractivity contribution in [2.24, 2.45) is 5.73 Å². The van der Waals surface area contributed by atoms with Crippen LogP contribution in [0, 0.1) is 0 Å². The van der Waals surface area contributed by atoms with E-state index in [1.54, 1.807) is 14.2 Å². The Morgan fingerprint density at radius 2 is 1.81 bits per heavy atom. The molecule has 1 heterocycles. The highest BCUT2D eigenvalue weighted by Crippen LogP contribution is 2.26. The molecule has 0 saturated heterocycles. The number of nitrogens with zero attached hydrogens (tertiary/aromatic N) is 2. The average Bonchev–Trinajstić information content (AvgIpc) is 2.54. The van der Waals surface area contributed by atoms with Crippen molar-refractivity contribution in [1.82, 2.24) is 4.98 Å². The van der Waals surface area contributed by atoms with E-state index < -0.39 is 0 Å². The van der Waals surface area contributed by atoms with Crippen molar-refractivity contribution >= 4 is 5.82 Å². The second-order valence-corrected chi connectivity index (χ2v) is 5.46. The topological polar surface area (TPSA) is 60.6 Å². The Morgan fingerprint density at radius 3 is 2.43 bits per heavy atom. The number of rotatable bonds is 8. The molecule has 0 bridgehead atoms. The first-order chi connectivity index (χ1) is 10.3. The lowest BCUT2D eigenvalue weighted by Crippen LogP contribution is -2.33. The first-order valence-electron chi connectivity index (χ1n) is 7.74. The second kappa shape index (κ2) is 8.32. The van der Waals surface area contributed by atoms with E-state index in [0.717, 1.165) is 37.3 Å². The van der Waals surface area contributed by atoms with E-state index in [2.05, 4.69) is 11.0 Å². The van der Waals surface area contributed by atoms with Gasteiger partial charge in [0.1, 0.15) is 5.82 Å². The van der Waals surface area contributed by atoms with Gasteiger partial charge in [0.15, 0.2) is 0 Å². The van der Waals surface area contributed by atoms with E-state index >= 15 is 0 Å². The van der Waals surface area contributed by atoms with Gasteiger partial charge in [-0.1, -0.05) is 0 Å². The summed E-state index contributed by atoms with van der Waals surface area (Å²) in [5.41, 5.74) is 9.70. The summed E-state index contributed by atoms with van der Waals surface area (Å²) >= 11 is 0. The smallest absolute Gasteiger partial charge is 0.133 e. The van der Waals surface area contributed by atoms with Crippen LogP contribution >= 0.6 is 0 Å². The quantitative estimate of drug-likeness (QED) is 0.787. The lowest BCUT2D eigenvalue weighted by molar-refractivity contribution is 0.190. The van der Waals surface area contributed by atoms with Gasteiger partial charge in [0.05, 0.1) is 13.2 Å². The minimum absolute atomic E-state index is 0.520. The molecule has 1 aliphatic rings. The molecule has 0 aromatic carbocycles. The summed E-state index contributed by atoms with van der Waals surface area (Å²) in [4.78, 5) is 7.15. The van der Waals surface area contributed by atoms with Crippen LogP contribution in [0.4, 0.5) is 5.82 Å². The minimum atomic E-state index is 0.520. The molecule has 5 heteroatoms. The number of pyridine rings is 1. The van der Waals surface area contributed by atoms with Gasteiger partial charge in [0.2, 0.25) is 0 Å². The second-order valence-electron chi connectivity index (χ2n) is 5.46. The highest BCUT2D eigenvalue weighted by atomic mass is 16.5. The number of anilines is 1. The predicted molar refractivity (Wildman–Crippen MR) is 84.7 cm³/mol. The fraction of sp³-hybridized carbons (Fsp3) is 0.688. The Bertz CT molecular complexity index is 443. The molecule has 1 aliphatic carbocycles. The zero-order valence-electron chi connectivity index (χ0n) is 13.2. The number of aryl methyl sites for hydroxylation is 2. The molecule has 0 unspecified atom stereocenters. The predicted octanol–water partition coefficient (Wildman–Crippen LogP) is 1.52. The summed E-state index contributed by atoms with van der Waals surface area (Å²) in [5.74, 6) is 1.01. The van der Waals surface area contributed by atoms with Crippen molar-refractivity contribution in [2.45, 2.75) is 32.2 Å². The van der Waals surface area contributed by atoms with Crippen molar-refractivity contribution in [3.05, 3.63) is 22.9 Å². The van der Waals surface area contributed by atoms with Crippen LogP contribution in [-0.2, 0) is 28.9 Å². The molecule has 0 radical (unpaired) electrons. The van der Waals surface area contributed by atoms with Crippen LogP contribution in [0.2, 0.25) is 0 Å². The van der Waals surface area contributed by atoms with Crippen molar-refractivity contribution in [3.8, 4) is 0 Å². The molecule has 0 spiro atoms. The van der Waals surface area contributed by atoms with E-state index in [1.807, 2.05) is 0 Å². The maximum Gasteiger partial charge on any atom is 0.133 e. The first-order valence-corrected chi connectivity index (χ1v) is 7.74. The number of methoxy groups -OCH3 is 2. The van der Waals surface area contributed by atoms with E-state index in [1.165, 1.54) is 24.1 Å². The van der Waals surface area contributed by atoms with Crippen LogP contribution in [0.25, 0.3) is 0 Å². The van der Waals surface area contributed by atoms with Crippen LogP contribution in [0.1, 0.15) is 29.7 Å². The van der Waals surface area contributed by atoms with Gasteiger partial charge in [-0.25, -0.2) is 4.98 Å². The minimum Gasteiger partial charge on any atom is -0.383 e. The van der Waals surface area contributed by atoms with Crippen LogP contribution in [-0.4, -0.2) is 45.5 Å². The molecule has 0 saturated carbocycles. The summed E-state index contributed by atoms with van der Waals surface area (Å²) in [6.07, 6.45) is 4.70. The van der Waals surface area contributed by atoms with Gasteiger partial charge in [0, 0.05) is 45.1 Å². The van der Waals surface area contributed by atoms with Crippen LogP contribution in [0.5, 0.6) is 0 Å². The summed E-state index contributed by atoms with van der Waals surface area (Å²) in [6.45, 7) is 3.47. The van der Waals surface area contributed by atoms with Crippen LogP contribution in [0.15, 0.2) is 6.07 Å². The van der Waals surface area contributed by atoms with E-state index in [-0.39, 0.29) is 0 Å². The van der Waals surface area contributed by atoms with Gasteiger partial charge in [0.25, 0.3) is 0 Å². The van der Waals surface area contributed by atoms with Crippen molar-refractivity contribution in [3.63, 3.8) is 0 Å². The monoisotopic (exact) mass is 293 g/mol. The van der Waals surface area contributed by atoms with Gasteiger partial charge >= 0.3 is 0 Å². The normalized spacial score (nSPS) is 14.0. The number of nitrogens with two attached hydrogens (primary N) is 1. The van der Waals surface area contributed by atoms with Gasteiger partial charge in [-0.15, -0.1) is 0 Å². The standard InChI is InChI=1S/C16H27N3O2/c1-20-9-7-19(8-10-21-2)16-14(12-17)11-13-5-3-4-6-15(13)18-16/h11H,3-10,12,17H2,1-2H3. The Labute approximate surface area is 127 Å². The van der Waals surface area contributed by atoms with Gasteiger partial charge in [-0.2, -0.15) is 0 Å². The summed E-state index contributed by atoms with van der Waals surface area (Å²) < 4.78 is 10.4. The van der Waals surface area contributed by atoms with E-state index in [4.69, 9.17) is 20.2 Å². The molecule has 0 atom stereocenters. The van der Waals surface area contributed by atoms with Gasteiger partial charge in [-0.3, -0.25) is 0 Å². The Hall–Kier alpha value is -1.17. The Kier molecular flexibility index (Phi) is 6.42. The average molecular weight is 293 g/mol. The molecule has 1 aromatic heterocycles. The molecular formula is C16H27N3O2. The zero-order valence-corrected chi connectivity index (χ0v) is 13.2. The summed E-state index contributed by atoms with van der Waals surface area (Å²) in [7, 11) is 3.44. The Balaban J connectivity index is 2.27. The van der Waals surface area contributed by atoms with E-state index in [9.17, 15) is 0 Å². The fourth-order valence-electron chi connectivity index (χ4n) is 2.82. The summed E-state index contributed by atoms with van der Waals surface area (Å²) in [5, 5.41) is 0. The number of aromatic nitrogens is 1. The molecule has 1 aromatic rings. The molecule has 118 valence electrons. The number of hydrogen-bond donors (Lipinski definition) is 1. The number of ether oxygens (including phenoxy) is 2. The van der Waals surface area contributed by atoms with Gasteiger partial charge < -0.3 is 20.1 Å². The lowest BCUT2D eigenvalue weighted by atomic mass is 9.94. The maximum absolute atomic E-state index is 5.95. The lowest BCUT2D eigenvalue weighted by Gasteiger charge is -2.27. The third kappa shape index (κ3) is 4.15. The van der Waals surface area contributed by atoms with Crippen molar-refractivity contribution in [1.29, 1.82) is 0 Å². The SMILES string of the molecule is COCCN(CCOC)c1nc2c(cc1CN)CCCC2. The van der Waals surface area contributed by atoms with E-state index in [0.29, 0.717) is 19.8 Å². The van der Waals surface area contributed by atoms with Gasteiger partial charge in [-0.05, 0) is 37.3 Å². The third-order valence-corrected chi connectivity index (χ3v) is 4.01. The molecule has 2 N–H and O–H groups in total. The Morgan fingerprint density at radius 1 is 1.14 bits per heavy atom. The molecule has 2 rings (SSSR count). The summed E-state index contributed by atoms with van der Waals surface area (Å²) in [6, 6.07) is 2.25. The van der Waals surface area contributed by atoms with Crippen LogP contribution < -0.4 is 10.6 Å². The van der Waals surface area contributed by atoms with Crippen molar-refractivity contribution < 1.29 is 9.47 Å². The third-order valence-electron chi connectivity index (χ3n) is 4.01. The van der Waals surface area contributed by atoms with Crippen LogP contribution in [0.3, 0.4) is 0 Å². The van der Waals surface area contributed by atoms with Crippen molar-refractivity contribution in [2.75, 3.05) is 45.4 Å². The molecule has 0 aliphatic heterocycles. The molecular weight excluding hydrogens is 266 g/mol. The fourth-order valence-corrected chi connectivity index (χ4v) is 2.82. The maximum atomic E-state index is 5.95. The first kappa shape index (κ1) is 16.2. The molecule has 5 nitrogen and oxygen atoms in total.